The molecule has 0 atom stereocenters. The summed E-state index contributed by atoms with van der Waals surface area (Å²) in [7, 11) is 0. The third-order valence-corrected chi connectivity index (χ3v) is 3.07. The molecule has 2 aromatic carbocycles. The summed E-state index contributed by atoms with van der Waals surface area (Å²) in [4.78, 5) is 12.0. The smallest absolute Gasteiger partial charge is 0.258 e. The zero-order valence-electron chi connectivity index (χ0n) is 10.7. The van der Waals surface area contributed by atoms with Crippen LogP contribution in [0.1, 0.15) is 15.9 Å². The molecule has 0 saturated heterocycles. The summed E-state index contributed by atoms with van der Waals surface area (Å²) in [6.45, 7) is 0. The molecule has 2 aromatic rings. The molecule has 0 aliphatic heterocycles. The third kappa shape index (κ3) is 3.29. The van der Waals surface area contributed by atoms with Crippen LogP contribution in [0.15, 0.2) is 47.6 Å². The van der Waals surface area contributed by atoms with Gasteiger partial charge in [0.1, 0.15) is 5.82 Å². The average molecular weight is 308 g/mol. The predicted octanol–water partition coefficient (Wildman–Crippen LogP) is 2.83. The first-order valence-electron chi connectivity index (χ1n) is 5.86. The van der Waals surface area contributed by atoms with Gasteiger partial charge in [-0.15, -0.1) is 0 Å². The number of nitrogens with one attached hydrogen (secondary N) is 1. The molecule has 0 spiro atoms. The van der Waals surface area contributed by atoms with E-state index in [4.69, 9.17) is 22.5 Å². The maximum Gasteiger partial charge on any atom is 0.258 e. The molecule has 0 fully saturated rings. The highest BCUT2D eigenvalue weighted by Gasteiger charge is 2.13. The van der Waals surface area contributed by atoms with Crippen LogP contribution in [0.2, 0.25) is 5.02 Å². The number of amidine groups is 1. The van der Waals surface area contributed by atoms with Crippen LogP contribution in [0.4, 0.5) is 10.1 Å². The number of nitrogens with zero attached hydrogens (tertiary/aromatic N) is 1. The van der Waals surface area contributed by atoms with Gasteiger partial charge in [-0.2, -0.15) is 0 Å². The summed E-state index contributed by atoms with van der Waals surface area (Å²) in [6.07, 6.45) is 0. The maximum absolute atomic E-state index is 13.5. The molecular weight excluding hydrogens is 297 g/mol. The van der Waals surface area contributed by atoms with Crippen molar-refractivity contribution in [1.29, 1.82) is 0 Å². The van der Waals surface area contributed by atoms with Crippen LogP contribution in [0.3, 0.4) is 0 Å². The number of rotatable bonds is 3. The molecule has 4 N–H and O–H groups in total. The summed E-state index contributed by atoms with van der Waals surface area (Å²) in [5.74, 6) is -1.42. The van der Waals surface area contributed by atoms with Crippen LogP contribution in [-0.4, -0.2) is 17.0 Å². The molecule has 0 aliphatic rings. The fourth-order valence-electron chi connectivity index (χ4n) is 1.67. The SMILES string of the molecule is N/C(=N/O)c1ccc(Cl)c(NC(=O)c2ccccc2F)c1. The topological polar surface area (TPSA) is 87.7 Å². The lowest BCUT2D eigenvalue weighted by Gasteiger charge is -2.09. The lowest BCUT2D eigenvalue weighted by atomic mass is 10.1. The average Bonchev–Trinajstić information content (AvgIpc) is 2.49. The fraction of sp³-hybridized carbons (Fsp3) is 0. The first-order valence-corrected chi connectivity index (χ1v) is 6.24. The monoisotopic (exact) mass is 307 g/mol. The van der Waals surface area contributed by atoms with Crippen molar-refractivity contribution in [3.8, 4) is 0 Å². The summed E-state index contributed by atoms with van der Waals surface area (Å²) in [6, 6.07) is 10.00. The predicted molar refractivity (Wildman–Crippen MR) is 78.3 cm³/mol. The standard InChI is InChI=1S/C14H11ClFN3O2/c15-10-6-5-8(13(17)19-21)7-12(10)18-14(20)9-3-1-2-4-11(9)16/h1-7,21H,(H2,17,19)(H,18,20). The molecule has 0 heterocycles. The largest absolute Gasteiger partial charge is 0.409 e. The molecule has 0 bridgehead atoms. The van der Waals surface area contributed by atoms with Crippen LogP contribution in [0.5, 0.6) is 0 Å². The minimum Gasteiger partial charge on any atom is -0.409 e. The number of hydrogen-bond donors (Lipinski definition) is 3. The normalized spacial score (nSPS) is 11.2. The van der Waals surface area contributed by atoms with E-state index in [0.29, 0.717) is 5.56 Å². The van der Waals surface area contributed by atoms with Gasteiger partial charge in [0, 0.05) is 5.56 Å². The molecule has 0 aromatic heterocycles. The second-order valence-electron chi connectivity index (χ2n) is 4.11. The van der Waals surface area contributed by atoms with Gasteiger partial charge in [-0.1, -0.05) is 28.9 Å². The first kappa shape index (κ1) is 14.8. The Bertz CT molecular complexity index is 719. The molecular formula is C14H11ClFN3O2. The van der Waals surface area contributed by atoms with Gasteiger partial charge >= 0.3 is 0 Å². The van der Waals surface area contributed by atoms with Crippen LogP contribution < -0.4 is 11.1 Å². The van der Waals surface area contributed by atoms with Crippen LogP contribution in [-0.2, 0) is 0 Å². The van der Waals surface area contributed by atoms with E-state index in [0.717, 1.165) is 0 Å². The molecule has 0 unspecified atom stereocenters. The lowest BCUT2D eigenvalue weighted by molar-refractivity contribution is 0.102. The van der Waals surface area contributed by atoms with Crippen LogP contribution >= 0.6 is 11.6 Å². The van der Waals surface area contributed by atoms with Crippen molar-refractivity contribution in [2.75, 3.05) is 5.32 Å². The Kier molecular flexibility index (Phi) is 4.39. The van der Waals surface area contributed by atoms with E-state index in [-0.39, 0.29) is 22.1 Å². The number of hydrogen-bond acceptors (Lipinski definition) is 3. The van der Waals surface area contributed by atoms with Crippen molar-refractivity contribution >= 4 is 29.0 Å². The number of carbonyl (C=O) groups excluding carboxylic acids is 1. The van der Waals surface area contributed by atoms with Crippen molar-refractivity contribution < 1.29 is 14.4 Å². The molecule has 21 heavy (non-hydrogen) atoms. The van der Waals surface area contributed by atoms with Gasteiger partial charge in [0.25, 0.3) is 5.91 Å². The second kappa shape index (κ2) is 6.23. The third-order valence-electron chi connectivity index (χ3n) is 2.74. The van der Waals surface area contributed by atoms with Gasteiger partial charge in [0.15, 0.2) is 5.84 Å². The Morgan fingerprint density at radius 1 is 1.29 bits per heavy atom. The Morgan fingerprint density at radius 3 is 2.67 bits per heavy atom. The number of amides is 1. The molecule has 7 heteroatoms. The molecule has 108 valence electrons. The fourth-order valence-corrected chi connectivity index (χ4v) is 1.84. The molecule has 0 aliphatic carbocycles. The van der Waals surface area contributed by atoms with Crippen molar-refractivity contribution in [1.82, 2.24) is 0 Å². The Morgan fingerprint density at radius 2 is 2.00 bits per heavy atom. The lowest BCUT2D eigenvalue weighted by Crippen LogP contribution is -2.16. The first-order chi connectivity index (χ1) is 10.0. The van der Waals surface area contributed by atoms with E-state index >= 15 is 0 Å². The van der Waals surface area contributed by atoms with E-state index in [9.17, 15) is 9.18 Å². The molecule has 0 saturated carbocycles. The van der Waals surface area contributed by atoms with Gasteiger partial charge in [0.2, 0.25) is 0 Å². The van der Waals surface area contributed by atoms with E-state index in [1.54, 1.807) is 6.07 Å². The van der Waals surface area contributed by atoms with Gasteiger partial charge in [-0.05, 0) is 30.3 Å². The van der Waals surface area contributed by atoms with Crippen LogP contribution in [0, 0.1) is 5.82 Å². The Labute approximate surface area is 124 Å². The highest BCUT2D eigenvalue weighted by atomic mass is 35.5. The minimum absolute atomic E-state index is 0.109. The highest BCUT2D eigenvalue weighted by molar-refractivity contribution is 6.34. The maximum atomic E-state index is 13.5. The zero-order chi connectivity index (χ0) is 15.4. The van der Waals surface area contributed by atoms with Gasteiger partial charge in [0.05, 0.1) is 16.3 Å². The molecule has 1 amide bonds. The summed E-state index contributed by atoms with van der Waals surface area (Å²) in [5, 5.41) is 14.2. The molecule has 5 nitrogen and oxygen atoms in total. The quantitative estimate of drug-likeness (QED) is 0.352. The summed E-state index contributed by atoms with van der Waals surface area (Å²) >= 11 is 5.96. The number of anilines is 1. The van der Waals surface area contributed by atoms with Crippen molar-refractivity contribution in [3.05, 3.63) is 64.4 Å². The van der Waals surface area contributed by atoms with E-state index in [1.807, 2.05) is 0 Å². The Balaban J connectivity index is 2.31. The number of oxime groups is 1. The van der Waals surface area contributed by atoms with Crippen molar-refractivity contribution in [3.63, 3.8) is 0 Å². The summed E-state index contributed by atoms with van der Waals surface area (Å²) < 4.78 is 13.5. The zero-order valence-corrected chi connectivity index (χ0v) is 11.4. The minimum atomic E-state index is -0.647. The highest BCUT2D eigenvalue weighted by Crippen LogP contribution is 2.24. The van der Waals surface area contributed by atoms with Gasteiger partial charge in [-0.3, -0.25) is 4.79 Å². The van der Waals surface area contributed by atoms with E-state index in [1.165, 1.54) is 36.4 Å². The van der Waals surface area contributed by atoms with Gasteiger partial charge in [-0.25, -0.2) is 4.39 Å². The second-order valence-corrected chi connectivity index (χ2v) is 4.52. The van der Waals surface area contributed by atoms with E-state index < -0.39 is 11.7 Å². The number of nitrogens with two attached hydrogens (primary N) is 1. The summed E-state index contributed by atoms with van der Waals surface area (Å²) in [5.41, 5.74) is 5.95. The number of carbonyl (C=O) groups is 1. The van der Waals surface area contributed by atoms with Crippen molar-refractivity contribution in [2.45, 2.75) is 0 Å². The Hall–Kier alpha value is -2.60. The molecule has 2 rings (SSSR count). The molecule has 0 radical (unpaired) electrons. The van der Waals surface area contributed by atoms with Gasteiger partial charge < -0.3 is 16.3 Å². The van der Waals surface area contributed by atoms with Crippen LogP contribution in [0.25, 0.3) is 0 Å². The van der Waals surface area contributed by atoms with Crippen molar-refractivity contribution in [2.24, 2.45) is 10.9 Å². The van der Waals surface area contributed by atoms with E-state index in [2.05, 4.69) is 10.5 Å². The number of halogens is 2. The number of benzene rings is 2.